The van der Waals surface area contributed by atoms with Crippen LogP contribution in [0.1, 0.15) is 11.1 Å². The van der Waals surface area contributed by atoms with E-state index >= 15 is 0 Å². The lowest BCUT2D eigenvalue weighted by Gasteiger charge is -2.24. The van der Waals surface area contributed by atoms with Crippen LogP contribution in [-0.2, 0) is 16.0 Å². The Morgan fingerprint density at radius 2 is 2.00 bits per heavy atom. The van der Waals surface area contributed by atoms with E-state index in [9.17, 15) is 9.59 Å². The van der Waals surface area contributed by atoms with Crippen molar-refractivity contribution in [3.8, 4) is 0 Å². The number of H-pyrrole nitrogens is 1. The first kappa shape index (κ1) is 14.9. The van der Waals surface area contributed by atoms with Gasteiger partial charge in [-0.15, -0.1) is 0 Å². The van der Waals surface area contributed by atoms with Gasteiger partial charge in [0.25, 0.3) is 5.56 Å². The van der Waals surface area contributed by atoms with E-state index in [1.165, 1.54) is 0 Å². The van der Waals surface area contributed by atoms with Gasteiger partial charge in [-0.1, -0.05) is 11.6 Å². The van der Waals surface area contributed by atoms with Crippen molar-refractivity contribution >= 4 is 29.3 Å². The molecular weight excluding hydrogens is 270 g/mol. The predicted molar refractivity (Wildman–Crippen MR) is 81.6 cm³/mol. The Morgan fingerprint density at radius 1 is 1.29 bits per heavy atom. The first-order valence-corrected chi connectivity index (χ1v) is 6.52. The number of carbonyl (C=O) groups excluding carboxylic acids is 2. The van der Waals surface area contributed by atoms with Gasteiger partial charge in [0.1, 0.15) is 6.79 Å². The average molecular weight is 287 g/mol. The summed E-state index contributed by atoms with van der Waals surface area (Å²) in [5.41, 5.74) is 2.99. The Labute approximate surface area is 121 Å². The molecular formula is C15H17N3O3. The van der Waals surface area contributed by atoms with Gasteiger partial charge in [-0.05, 0) is 26.1 Å². The van der Waals surface area contributed by atoms with Crippen LogP contribution in [0.15, 0.2) is 23.0 Å². The third kappa shape index (κ3) is 2.57. The molecule has 6 nitrogen and oxygen atoms in total. The van der Waals surface area contributed by atoms with Crippen LogP contribution >= 0.6 is 0 Å². The van der Waals surface area contributed by atoms with Gasteiger partial charge in [0.05, 0.1) is 17.2 Å². The number of benzene rings is 1. The van der Waals surface area contributed by atoms with Crippen LogP contribution in [0.3, 0.4) is 0 Å². The second-order valence-corrected chi connectivity index (χ2v) is 4.89. The second-order valence-electron chi connectivity index (χ2n) is 4.89. The first-order chi connectivity index (χ1) is 10.1. The third-order valence-electron chi connectivity index (χ3n) is 3.59. The Morgan fingerprint density at radius 3 is 2.67 bits per heavy atom. The summed E-state index contributed by atoms with van der Waals surface area (Å²) >= 11 is 0. The van der Waals surface area contributed by atoms with E-state index in [0.29, 0.717) is 17.7 Å². The second kappa shape index (κ2) is 5.88. The Kier molecular flexibility index (Phi) is 4.18. The summed E-state index contributed by atoms with van der Waals surface area (Å²) in [6, 6.07) is 5.43. The molecule has 1 aliphatic rings. The third-order valence-corrected chi connectivity index (χ3v) is 3.59. The quantitative estimate of drug-likeness (QED) is 0.721. The van der Waals surface area contributed by atoms with Crippen LogP contribution in [0.4, 0.5) is 5.69 Å². The maximum atomic E-state index is 12.1. The van der Waals surface area contributed by atoms with E-state index in [0.717, 1.165) is 16.5 Å². The number of aromatic amines is 1. The Hall–Kier alpha value is -2.47. The molecule has 0 spiro atoms. The predicted octanol–water partition coefficient (Wildman–Crippen LogP) is 0.734. The summed E-state index contributed by atoms with van der Waals surface area (Å²) in [4.78, 5) is 34.9. The van der Waals surface area contributed by atoms with E-state index in [4.69, 9.17) is 4.79 Å². The van der Waals surface area contributed by atoms with Crippen molar-refractivity contribution in [3.63, 3.8) is 0 Å². The number of carbonyl (C=O) groups is 2. The molecule has 21 heavy (non-hydrogen) atoms. The van der Waals surface area contributed by atoms with Gasteiger partial charge >= 0.3 is 0 Å². The number of rotatable bonds is 1. The molecule has 3 rings (SSSR count). The summed E-state index contributed by atoms with van der Waals surface area (Å²) in [7, 11) is 1.72. The van der Waals surface area contributed by atoms with Crippen molar-refractivity contribution in [2.75, 3.05) is 12.4 Å². The zero-order valence-corrected chi connectivity index (χ0v) is 11.9. The van der Waals surface area contributed by atoms with Crippen molar-refractivity contribution in [1.29, 1.82) is 0 Å². The van der Waals surface area contributed by atoms with Crippen molar-refractivity contribution in [3.05, 3.63) is 39.7 Å². The van der Waals surface area contributed by atoms with Gasteiger partial charge in [0.2, 0.25) is 5.91 Å². The summed E-state index contributed by atoms with van der Waals surface area (Å²) in [5, 5.41) is 6.65. The zero-order valence-electron chi connectivity index (χ0n) is 11.9. The zero-order chi connectivity index (χ0) is 15.6. The maximum absolute atomic E-state index is 12.1. The van der Waals surface area contributed by atoms with Gasteiger partial charge in [-0.2, -0.15) is 0 Å². The van der Waals surface area contributed by atoms with Gasteiger partial charge in [0, 0.05) is 17.4 Å². The fourth-order valence-electron chi connectivity index (χ4n) is 2.53. The number of pyridine rings is 1. The molecule has 1 aromatic carbocycles. The van der Waals surface area contributed by atoms with Crippen LogP contribution in [0, 0.1) is 6.92 Å². The molecule has 0 aliphatic carbocycles. The molecule has 0 radical (unpaired) electrons. The van der Waals surface area contributed by atoms with Crippen LogP contribution in [0.5, 0.6) is 0 Å². The summed E-state index contributed by atoms with van der Waals surface area (Å²) in [6.45, 7) is 3.98. The molecule has 0 saturated carbocycles. The molecule has 0 bridgehead atoms. The van der Waals surface area contributed by atoms with E-state index in [1.54, 1.807) is 7.05 Å². The number of aryl methyl sites for hydroxylation is 1. The average Bonchev–Trinajstić information content (AvgIpc) is 2.50. The summed E-state index contributed by atoms with van der Waals surface area (Å²) < 4.78 is 0. The Balaban J connectivity index is 0.000000774. The normalized spacial score (nSPS) is 16.7. The summed E-state index contributed by atoms with van der Waals surface area (Å²) in [5.74, 6) is -0.0941. The molecule has 2 aromatic rings. The standard InChI is InChI=1S/C14H15N3O2.CH2O/c1-7-3-4-10-8(5-7)12-9(13(18)16-10)6-11(15-2)14(19)17-12;1-2/h3-5,11,15H,6H2,1-2H3,(H,16,18)(H,17,19);1H2. The largest absolute Gasteiger partial charge is 0.324 e. The van der Waals surface area contributed by atoms with E-state index in [1.807, 2.05) is 31.9 Å². The fraction of sp³-hybridized carbons (Fsp3) is 0.267. The molecule has 1 aromatic heterocycles. The number of aromatic nitrogens is 1. The van der Waals surface area contributed by atoms with Crippen LogP contribution < -0.4 is 16.2 Å². The number of likely N-dealkylation sites (N-methyl/N-ethyl adjacent to an activating group) is 1. The van der Waals surface area contributed by atoms with Crippen molar-refractivity contribution in [2.45, 2.75) is 19.4 Å². The highest BCUT2D eigenvalue weighted by atomic mass is 16.2. The minimum atomic E-state index is -0.351. The van der Waals surface area contributed by atoms with E-state index in [2.05, 4.69) is 15.6 Å². The molecule has 1 atom stereocenters. The van der Waals surface area contributed by atoms with Gasteiger partial charge in [-0.25, -0.2) is 0 Å². The van der Waals surface area contributed by atoms with Gasteiger partial charge < -0.3 is 20.4 Å². The van der Waals surface area contributed by atoms with Crippen LogP contribution in [-0.4, -0.2) is 30.8 Å². The van der Waals surface area contributed by atoms with Crippen molar-refractivity contribution < 1.29 is 9.59 Å². The highest BCUT2D eigenvalue weighted by molar-refractivity contribution is 6.06. The molecule has 1 amide bonds. The first-order valence-electron chi connectivity index (χ1n) is 6.52. The minimum Gasteiger partial charge on any atom is -0.324 e. The van der Waals surface area contributed by atoms with Crippen LogP contribution in [0.2, 0.25) is 0 Å². The number of hydrogen-bond acceptors (Lipinski definition) is 4. The molecule has 6 heteroatoms. The number of fused-ring (bicyclic) bond motifs is 3. The lowest BCUT2D eigenvalue weighted by Crippen LogP contribution is -2.45. The highest BCUT2D eigenvalue weighted by Gasteiger charge is 2.28. The van der Waals surface area contributed by atoms with Crippen molar-refractivity contribution in [2.24, 2.45) is 0 Å². The molecule has 110 valence electrons. The maximum Gasteiger partial charge on any atom is 0.253 e. The van der Waals surface area contributed by atoms with E-state index < -0.39 is 0 Å². The summed E-state index contributed by atoms with van der Waals surface area (Å²) in [6.07, 6.45) is 0.414. The molecule has 0 saturated heterocycles. The molecule has 1 unspecified atom stereocenters. The highest BCUT2D eigenvalue weighted by Crippen LogP contribution is 2.28. The monoisotopic (exact) mass is 287 g/mol. The van der Waals surface area contributed by atoms with Crippen LogP contribution in [0.25, 0.3) is 10.9 Å². The SMILES string of the molecule is C=O.CNC1Cc2c(c3cc(C)ccc3[nH]c2=O)NC1=O. The smallest absolute Gasteiger partial charge is 0.253 e. The number of anilines is 1. The minimum absolute atomic E-state index is 0.0941. The molecule has 0 fully saturated rings. The molecule has 2 heterocycles. The lowest BCUT2D eigenvalue weighted by molar-refractivity contribution is -0.118. The van der Waals surface area contributed by atoms with Crippen molar-refractivity contribution in [1.82, 2.24) is 10.3 Å². The Bertz CT molecular complexity index is 752. The number of nitrogens with one attached hydrogen (secondary N) is 3. The lowest BCUT2D eigenvalue weighted by atomic mass is 9.97. The topological polar surface area (TPSA) is 91.1 Å². The number of hydrogen-bond donors (Lipinski definition) is 3. The molecule has 3 N–H and O–H groups in total. The van der Waals surface area contributed by atoms with E-state index in [-0.39, 0.29) is 17.5 Å². The number of amides is 1. The van der Waals surface area contributed by atoms with Gasteiger partial charge in [-0.3, -0.25) is 9.59 Å². The fourth-order valence-corrected chi connectivity index (χ4v) is 2.53. The van der Waals surface area contributed by atoms with Gasteiger partial charge in [0.15, 0.2) is 0 Å². The molecule has 1 aliphatic heterocycles.